The number of rotatable bonds is 3. The third-order valence-electron chi connectivity index (χ3n) is 4.79. The van der Waals surface area contributed by atoms with Gasteiger partial charge in [0.2, 0.25) is 0 Å². The number of benzene rings is 1. The van der Waals surface area contributed by atoms with Gasteiger partial charge in [-0.3, -0.25) is 4.90 Å². The molecule has 8 heteroatoms. The predicted octanol–water partition coefficient (Wildman–Crippen LogP) is 5.08. The molecule has 0 atom stereocenters. The van der Waals surface area contributed by atoms with Crippen molar-refractivity contribution in [1.82, 2.24) is 19.4 Å². The number of hydrogen-bond donors (Lipinski definition) is 0. The number of nitrogens with zero attached hydrogens (tertiary/aromatic N) is 4. The number of aromatic nitrogens is 3. The second-order valence-electron chi connectivity index (χ2n) is 8.28. The number of ether oxygens (including phenoxy) is 1. The number of fused-ring (bicyclic) bond motifs is 1. The van der Waals surface area contributed by atoms with Crippen molar-refractivity contribution in [2.45, 2.75) is 32.9 Å². The van der Waals surface area contributed by atoms with Crippen molar-refractivity contribution < 1.29 is 9.53 Å². The number of thioether (sulfide) groups is 1. The lowest BCUT2D eigenvalue weighted by molar-refractivity contribution is 0.0536. The van der Waals surface area contributed by atoms with Gasteiger partial charge in [-0.15, -0.1) is 0 Å². The first-order chi connectivity index (χ1) is 14.3. The monoisotopic (exact) mass is 444 g/mol. The highest BCUT2D eigenvalue weighted by Crippen LogP contribution is 2.29. The van der Waals surface area contributed by atoms with E-state index >= 15 is 0 Å². The van der Waals surface area contributed by atoms with E-state index in [0.717, 1.165) is 35.9 Å². The molecule has 0 bridgehead atoms. The molecule has 1 aliphatic heterocycles. The molecule has 30 heavy (non-hydrogen) atoms. The molecular weight excluding hydrogens is 420 g/mol. The molecule has 0 aliphatic carbocycles. The molecule has 1 fully saturated rings. The van der Waals surface area contributed by atoms with Gasteiger partial charge in [-0.25, -0.2) is 19.3 Å². The van der Waals surface area contributed by atoms with E-state index in [1.807, 2.05) is 68.9 Å². The fourth-order valence-corrected chi connectivity index (χ4v) is 4.62. The Morgan fingerprint density at radius 3 is 2.53 bits per heavy atom. The molecular formula is C22H25ClN4O2S. The van der Waals surface area contributed by atoms with E-state index in [4.69, 9.17) is 21.3 Å². The summed E-state index contributed by atoms with van der Waals surface area (Å²) in [6, 6.07) is 11.5. The Morgan fingerprint density at radius 1 is 1.17 bits per heavy atom. The van der Waals surface area contributed by atoms with Crippen LogP contribution < -0.4 is 0 Å². The van der Waals surface area contributed by atoms with Crippen molar-refractivity contribution in [3.05, 3.63) is 47.2 Å². The van der Waals surface area contributed by atoms with Crippen LogP contribution in [0.1, 0.15) is 26.5 Å². The molecule has 0 unspecified atom stereocenters. The van der Waals surface area contributed by atoms with Crippen LogP contribution in [0.15, 0.2) is 36.4 Å². The Balaban J connectivity index is 1.83. The molecule has 6 nitrogen and oxygen atoms in total. The summed E-state index contributed by atoms with van der Waals surface area (Å²) < 4.78 is 7.26. The molecule has 3 aromatic rings. The quantitative estimate of drug-likeness (QED) is 0.525. The summed E-state index contributed by atoms with van der Waals surface area (Å²) in [6.45, 7) is 8.16. The highest BCUT2D eigenvalue weighted by Gasteiger charge is 2.26. The summed E-state index contributed by atoms with van der Waals surface area (Å²) in [7, 11) is 0. The molecule has 1 saturated heterocycles. The van der Waals surface area contributed by atoms with E-state index < -0.39 is 11.7 Å². The normalized spacial score (nSPS) is 15.5. The summed E-state index contributed by atoms with van der Waals surface area (Å²) >= 11 is 8.50. The fourth-order valence-electron chi connectivity index (χ4n) is 3.43. The van der Waals surface area contributed by atoms with Gasteiger partial charge in [0.1, 0.15) is 10.8 Å². The van der Waals surface area contributed by atoms with E-state index in [-0.39, 0.29) is 0 Å². The van der Waals surface area contributed by atoms with Crippen molar-refractivity contribution >= 4 is 40.5 Å². The minimum Gasteiger partial charge on any atom is -0.443 e. The van der Waals surface area contributed by atoms with Crippen LogP contribution in [0.4, 0.5) is 4.79 Å². The van der Waals surface area contributed by atoms with Gasteiger partial charge in [-0.1, -0.05) is 41.9 Å². The molecule has 0 saturated carbocycles. The molecule has 1 aliphatic rings. The first kappa shape index (κ1) is 21.2. The first-order valence-electron chi connectivity index (χ1n) is 9.98. The highest BCUT2D eigenvalue weighted by atomic mass is 35.5. The van der Waals surface area contributed by atoms with E-state index in [0.29, 0.717) is 28.6 Å². The van der Waals surface area contributed by atoms with E-state index in [9.17, 15) is 4.79 Å². The van der Waals surface area contributed by atoms with Crippen molar-refractivity contribution in [3.8, 4) is 11.4 Å². The van der Waals surface area contributed by atoms with Crippen molar-refractivity contribution in [2.24, 2.45) is 0 Å². The summed E-state index contributed by atoms with van der Waals surface area (Å²) in [6.07, 6.45) is -0.451. The molecule has 0 radical (unpaired) electrons. The van der Waals surface area contributed by atoms with Crippen LogP contribution in [0.2, 0.25) is 5.15 Å². The summed E-state index contributed by atoms with van der Waals surface area (Å²) in [5.74, 6) is 2.66. The van der Waals surface area contributed by atoms with Crippen LogP contribution >= 0.6 is 23.4 Å². The maximum absolute atomic E-state index is 13.2. The Bertz CT molecular complexity index is 1060. The van der Waals surface area contributed by atoms with Gasteiger partial charge in [-0.05, 0) is 26.8 Å². The topological polar surface area (TPSA) is 60.2 Å². The second kappa shape index (κ2) is 8.57. The summed E-state index contributed by atoms with van der Waals surface area (Å²) in [5, 5.41) is 0.986. The lowest BCUT2D eigenvalue weighted by Gasteiger charge is -2.27. The first-order valence-corrected chi connectivity index (χ1v) is 11.5. The maximum Gasteiger partial charge on any atom is 0.420 e. The molecule has 4 rings (SSSR count). The zero-order chi connectivity index (χ0) is 21.3. The zero-order valence-electron chi connectivity index (χ0n) is 17.4. The average molecular weight is 445 g/mol. The van der Waals surface area contributed by atoms with Gasteiger partial charge in [0.15, 0.2) is 11.5 Å². The Labute approximate surface area is 185 Å². The van der Waals surface area contributed by atoms with E-state index in [1.54, 1.807) is 4.57 Å². The zero-order valence-corrected chi connectivity index (χ0v) is 19.0. The van der Waals surface area contributed by atoms with Crippen LogP contribution in [0.25, 0.3) is 22.4 Å². The lowest BCUT2D eigenvalue weighted by Crippen LogP contribution is -2.34. The van der Waals surface area contributed by atoms with Gasteiger partial charge in [0.25, 0.3) is 0 Å². The van der Waals surface area contributed by atoms with Crippen molar-refractivity contribution in [1.29, 1.82) is 0 Å². The Kier molecular flexibility index (Phi) is 6.04. The van der Waals surface area contributed by atoms with Gasteiger partial charge in [0.05, 0.1) is 5.39 Å². The van der Waals surface area contributed by atoms with Gasteiger partial charge in [-0.2, -0.15) is 11.8 Å². The molecule has 158 valence electrons. The number of hydrogen-bond acceptors (Lipinski definition) is 6. The van der Waals surface area contributed by atoms with Gasteiger partial charge < -0.3 is 4.74 Å². The minimum absolute atomic E-state index is 0.330. The van der Waals surface area contributed by atoms with E-state index in [1.165, 1.54) is 0 Å². The summed E-state index contributed by atoms with van der Waals surface area (Å²) in [4.78, 5) is 24.7. The van der Waals surface area contributed by atoms with Crippen LogP contribution in [-0.2, 0) is 11.3 Å². The van der Waals surface area contributed by atoms with Crippen LogP contribution in [0, 0.1) is 0 Å². The molecule has 3 heterocycles. The molecule has 0 spiro atoms. The predicted molar refractivity (Wildman–Crippen MR) is 122 cm³/mol. The van der Waals surface area contributed by atoms with Crippen molar-refractivity contribution in [2.75, 3.05) is 24.6 Å². The highest BCUT2D eigenvalue weighted by molar-refractivity contribution is 7.99. The summed E-state index contributed by atoms with van der Waals surface area (Å²) in [5.41, 5.74) is 1.51. The van der Waals surface area contributed by atoms with E-state index in [2.05, 4.69) is 9.88 Å². The standard InChI is InChI=1S/C22H25ClN4O2S/c1-22(2,3)29-21(28)27-16(14-26-9-11-30-12-10-26)13-17-18(23)24-19(25-20(17)27)15-7-5-4-6-8-15/h4-8,13H,9-12,14H2,1-3H3. The average Bonchev–Trinajstić information content (AvgIpc) is 3.07. The van der Waals surface area contributed by atoms with Gasteiger partial charge >= 0.3 is 6.09 Å². The number of carbonyl (C=O) groups excluding carboxylic acids is 1. The molecule has 0 amide bonds. The number of halogens is 1. The lowest BCUT2D eigenvalue weighted by atomic mass is 10.2. The van der Waals surface area contributed by atoms with Crippen LogP contribution in [0.5, 0.6) is 0 Å². The third kappa shape index (κ3) is 4.63. The Hall–Kier alpha value is -2.09. The molecule has 2 aromatic heterocycles. The van der Waals surface area contributed by atoms with Crippen molar-refractivity contribution in [3.63, 3.8) is 0 Å². The van der Waals surface area contributed by atoms with Crippen LogP contribution in [0.3, 0.4) is 0 Å². The SMILES string of the molecule is CC(C)(C)OC(=O)n1c(CN2CCSCC2)cc2c(Cl)nc(-c3ccccc3)nc21. The Morgan fingerprint density at radius 2 is 1.87 bits per heavy atom. The largest absolute Gasteiger partial charge is 0.443 e. The maximum atomic E-state index is 13.2. The molecule has 0 N–H and O–H groups in total. The fraction of sp³-hybridized carbons (Fsp3) is 0.409. The number of carbonyl (C=O) groups is 1. The second-order valence-corrected chi connectivity index (χ2v) is 9.86. The smallest absolute Gasteiger partial charge is 0.420 e. The third-order valence-corrected chi connectivity index (χ3v) is 6.02. The van der Waals surface area contributed by atoms with Gasteiger partial charge in [0, 0.05) is 42.4 Å². The molecule has 1 aromatic carbocycles. The minimum atomic E-state index is -0.619. The van der Waals surface area contributed by atoms with Crippen LogP contribution in [-0.4, -0.2) is 55.7 Å².